The number of hydrogen-bond donors (Lipinski definition) is 0. The topological polar surface area (TPSA) is 32.7 Å². The van der Waals surface area contributed by atoms with Gasteiger partial charge in [-0.2, -0.15) is 0 Å². The third-order valence-corrected chi connectivity index (χ3v) is 4.23. The molecule has 3 nitrogen and oxygen atoms in total. The van der Waals surface area contributed by atoms with E-state index in [-0.39, 0.29) is 5.91 Å². The van der Waals surface area contributed by atoms with Crippen LogP contribution in [0.25, 0.3) is 0 Å². The molecule has 110 valence electrons. The molecule has 2 aromatic carbocycles. The van der Waals surface area contributed by atoms with Crippen molar-refractivity contribution in [3.8, 4) is 0 Å². The predicted octanol–water partition coefficient (Wildman–Crippen LogP) is 3.54. The Morgan fingerprint density at radius 2 is 1.59 bits per heavy atom. The second-order valence-corrected chi connectivity index (χ2v) is 5.76. The summed E-state index contributed by atoms with van der Waals surface area (Å²) in [5.74, 6) is -0.106. The van der Waals surface area contributed by atoms with Crippen molar-refractivity contribution < 1.29 is 4.79 Å². The zero-order valence-corrected chi connectivity index (χ0v) is 13.3. The first-order valence-electron chi connectivity index (χ1n) is 7.10. The highest BCUT2D eigenvalue weighted by Crippen LogP contribution is 2.36. The molecule has 0 radical (unpaired) electrons. The quantitative estimate of drug-likeness (QED) is 0.795. The Morgan fingerprint density at radius 1 is 1.05 bits per heavy atom. The van der Waals surface area contributed by atoms with Crippen LogP contribution in [0, 0.1) is 0 Å². The molecule has 0 saturated carbocycles. The third kappa shape index (κ3) is 2.25. The number of nitrogens with zero attached hydrogens (tertiary/aromatic N) is 2. The summed E-state index contributed by atoms with van der Waals surface area (Å²) in [7, 11) is 0. The number of thiocarbonyl (C=S) groups is 1. The molecule has 0 fully saturated rings. The summed E-state index contributed by atoms with van der Waals surface area (Å²) in [6, 6.07) is 19.5. The number of amides is 1. The highest BCUT2D eigenvalue weighted by Gasteiger charge is 2.44. The van der Waals surface area contributed by atoms with E-state index in [2.05, 4.69) is 0 Å². The Morgan fingerprint density at radius 3 is 2.14 bits per heavy atom. The first-order chi connectivity index (χ1) is 10.5. The molecule has 0 aromatic heterocycles. The maximum atomic E-state index is 12.2. The van der Waals surface area contributed by atoms with Gasteiger partial charge in [-0.25, -0.2) is 4.99 Å². The molecule has 1 heterocycles. The minimum atomic E-state index is -0.796. The lowest BCUT2D eigenvalue weighted by atomic mass is 10.0. The Kier molecular flexibility index (Phi) is 3.62. The van der Waals surface area contributed by atoms with Gasteiger partial charge in [0, 0.05) is 12.5 Å². The standard InChI is InChI=1S/C18H16N2OS/c1-13(21)20-17(22)16(14-9-5-3-6-10-14)19-18(20,2)15-11-7-4-8-12-15/h3-12H,1-2H3. The molecular weight excluding hydrogens is 292 g/mol. The second kappa shape index (κ2) is 5.46. The van der Waals surface area contributed by atoms with Crippen molar-refractivity contribution in [3.63, 3.8) is 0 Å². The Bertz CT molecular complexity index is 755. The van der Waals surface area contributed by atoms with E-state index in [1.165, 1.54) is 6.92 Å². The largest absolute Gasteiger partial charge is 0.275 e. The van der Waals surface area contributed by atoms with Gasteiger partial charge in [0.25, 0.3) is 0 Å². The first-order valence-corrected chi connectivity index (χ1v) is 7.51. The van der Waals surface area contributed by atoms with Gasteiger partial charge in [0.1, 0.15) is 10.7 Å². The molecule has 2 aromatic rings. The zero-order valence-electron chi connectivity index (χ0n) is 12.5. The highest BCUT2D eigenvalue weighted by molar-refractivity contribution is 7.82. The zero-order chi connectivity index (χ0) is 15.7. The van der Waals surface area contributed by atoms with Crippen LogP contribution in [0.15, 0.2) is 65.7 Å². The second-order valence-electron chi connectivity index (χ2n) is 5.37. The van der Waals surface area contributed by atoms with Crippen molar-refractivity contribution >= 4 is 28.8 Å². The van der Waals surface area contributed by atoms with Crippen molar-refractivity contribution in [3.05, 3.63) is 71.8 Å². The molecule has 0 bridgehead atoms. The van der Waals surface area contributed by atoms with E-state index in [1.54, 1.807) is 4.90 Å². The van der Waals surface area contributed by atoms with Gasteiger partial charge in [-0.15, -0.1) is 0 Å². The van der Waals surface area contributed by atoms with Crippen LogP contribution in [0.5, 0.6) is 0 Å². The van der Waals surface area contributed by atoms with Gasteiger partial charge in [0.05, 0.1) is 0 Å². The molecule has 1 amide bonds. The lowest BCUT2D eigenvalue weighted by molar-refractivity contribution is -0.128. The fourth-order valence-corrected chi connectivity index (χ4v) is 3.27. The van der Waals surface area contributed by atoms with Crippen LogP contribution in [0.3, 0.4) is 0 Å². The molecule has 1 atom stereocenters. The summed E-state index contributed by atoms with van der Waals surface area (Å²) in [5.41, 5.74) is 1.77. The van der Waals surface area contributed by atoms with Gasteiger partial charge in [-0.3, -0.25) is 9.69 Å². The molecule has 1 aliphatic heterocycles. The van der Waals surface area contributed by atoms with Crippen LogP contribution in [0.1, 0.15) is 25.0 Å². The van der Waals surface area contributed by atoms with Crippen molar-refractivity contribution in [2.75, 3.05) is 0 Å². The van der Waals surface area contributed by atoms with E-state index in [1.807, 2.05) is 67.6 Å². The maximum Gasteiger partial charge on any atom is 0.226 e. The molecular formula is C18H16N2OS. The van der Waals surface area contributed by atoms with Crippen LogP contribution >= 0.6 is 12.2 Å². The molecule has 22 heavy (non-hydrogen) atoms. The summed E-state index contributed by atoms with van der Waals surface area (Å²) in [5, 5.41) is 0. The number of carbonyl (C=O) groups is 1. The van der Waals surface area contributed by atoms with Gasteiger partial charge >= 0.3 is 0 Å². The fourth-order valence-electron chi connectivity index (χ4n) is 2.80. The molecule has 0 aliphatic carbocycles. The number of benzene rings is 2. The van der Waals surface area contributed by atoms with Crippen LogP contribution in [-0.4, -0.2) is 21.5 Å². The summed E-state index contributed by atoms with van der Waals surface area (Å²) in [4.78, 5) is 19.1. The smallest absolute Gasteiger partial charge is 0.226 e. The highest BCUT2D eigenvalue weighted by atomic mass is 32.1. The van der Waals surface area contributed by atoms with Crippen LogP contribution < -0.4 is 0 Å². The minimum absolute atomic E-state index is 0.106. The summed E-state index contributed by atoms with van der Waals surface area (Å²) in [6.07, 6.45) is 0. The summed E-state index contributed by atoms with van der Waals surface area (Å²) < 4.78 is 0. The van der Waals surface area contributed by atoms with Gasteiger partial charge < -0.3 is 0 Å². The van der Waals surface area contributed by atoms with E-state index in [9.17, 15) is 4.79 Å². The molecule has 3 rings (SSSR count). The average Bonchev–Trinajstić information content (AvgIpc) is 2.81. The monoisotopic (exact) mass is 308 g/mol. The number of aliphatic imine (C=N–C) groups is 1. The Balaban J connectivity index is 2.17. The van der Waals surface area contributed by atoms with Gasteiger partial charge in [-0.1, -0.05) is 72.9 Å². The first kappa shape index (κ1) is 14.6. The van der Waals surface area contributed by atoms with Crippen LogP contribution in [0.2, 0.25) is 0 Å². The molecule has 1 aliphatic rings. The Hall–Kier alpha value is -2.33. The molecule has 4 heteroatoms. The summed E-state index contributed by atoms with van der Waals surface area (Å²) >= 11 is 5.54. The molecule has 0 N–H and O–H groups in total. The predicted molar refractivity (Wildman–Crippen MR) is 91.9 cm³/mol. The van der Waals surface area contributed by atoms with E-state index < -0.39 is 5.66 Å². The van der Waals surface area contributed by atoms with Crippen LogP contribution in [0.4, 0.5) is 0 Å². The van der Waals surface area contributed by atoms with Crippen LogP contribution in [-0.2, 0) is 10.5 Å². The lowest BCUT2D eigenvalue weighted by Crippen LogP contribution is -2.45. The van der Waals surface area contributed by atoms with Crippen molar-refractivity contribution in [1.82, 2.24) is 4.90 Å². The number of hydrogen-bond acceptors (Lipinski definition) is 3. The van der Waals surface area contributed by atoms with Gasteiger partial charge in [-0.05, 0) is 12.5 Å². The SMILES string of the molecule is CC(=O)N1C(=S)C(c2ccccc2)=NC1(C)c1ccccc1. The third-order valence-electron chi connectivity index (χ3n) is 3.85. The maximum absolute atomic E-state index is 12.2. The number of carbonyl (C=O) groups excluding carboxylic acids is 1. The van der Waals surface area contributed by atoms with E-state index in [4.69, 9.17) is 17.2 Å². The van der Waals surface area contributed by atoms with E-state index in [0.29, 0.717) is 10.7 Å². The average molecular weight is 308 g/mol. The molecule has 1 unspecified atom stereocenters. The van der Waals surface area contributed by atoms with E-state index >= 15 is 0 Å². The number of rotatable bonds is 2. The normalized spacial score (nSPS) is 20.9. The summed E-state index contributed by atoms with van der Waals surface area (Å²) in [6.45, 7) is 3.45. The lowest BCUT2D eigenvalue weighted by Gasteiger charge is -2.32. The molecule has 0 saturated heterocycles. The van der Waals surface area contributed by atoms with Gasteiger partial charge in [0.2, 0.25) is 5.91 Å². The minimum Gasteiger partial charge on any atom is -0.275 e. The van der Waals surface area contributed by atoms with Crippen molar-refractivity contribution in [2.24, 2.45) is 4.99 Å². The van der Waals surface area contributed by atoms with Crippen molar-refractivity contribution in [2.45, 2.75) is 19.5 Å². The fraction of sp³-hybridized carbons (Fsp3) is 0.167. The Labute approximate surface area is 135 Å². The van der Waals surface area contributed by atoms with Gasteiger partial charge in [0.15, 0.2) is 5.66 Å². The van der Waals surface area contributed by atoms with Crippen molar-refractivity contribution in [1.29, 1.82) is 0 Å². The molecule has 0 spiro atoms. The van der Waals surface area contributed by atoms with E-state index in [0.717, 1.165) is 11.1 Å².